The smallest absolute Gasteiger partial charge is 0.224 e. The van der Waals surface area contributed by atoms with Crippen LogP contribution >= 0.6 is 0 Å². The molecule has 0 unspecified atom stereocenters. The molecule has 3 nitrogen and oxygen atoms in total. The van der Waals surface area contributed by atoms with E-state index in [4.69, 9.17) is 4.74 Å². The Morgan fingerprint density at radius 1 is 0.958 bits per heavy atom. The lowest BCUT2D eigenvalue weighted by Gasteiger charge is -2.10. The third kappa shape index (κ3) is 4.10. The lowest BCUT2D eigenvalue weighted by molar-refractivity contribution is -0.120. The molecule has 0 aliphatic carbocycles. The van der Waals surface area contributed by atoms with Gasteiger partial charge in [0.2, 0.25) is 5.91 Å². The largest absolute Gasteiger partial charge is 0.491 e. The quantitative estimate of drug-likeness (QED) is 0.702. The third-order valence-corrected chi connectivity index (χ3v) is 3.71. The Balaban J connectivity index is 1.48. The van der Waals surface area contributed by atoms with Crippen LogP contribution < -0.4 is 10.1 Å². The molecule has 0 aliphatic rings. The van der Waals surface area contributed by atoms with Crippen molar-refractivity contribution in [3.8, 4) is 5.75 Å². The minimum Gasteiger partial charge on any atom is -0.491 e. The van der Waals surface area contributed by atoms with Crippen molar-refractivity contribution in [2.24, 2.45) is 0 Å². The van der Waals surface area contributed by atoms with Gasteiger partial charge in [-0.15, -0.1) is 0 Å². The normalized spacial score (nSPS) is 10.5. The standard InChI is InChI=1S/C20H18FNO2/c21-17-10-8-15(9-11-17)14-20(23)22-12-13-24-19-7-3-5-16-4-1-2-6-18(16)19/h1-11H,12-14H2,(H,22,23). The van der Waals surface area contributed by atoms with Gasteiger partial charge in [-0.2, -0.15) is 0 Å². The first-order valence-electron chi connectivity index (χ1n) is 7.84. The highest BCUT2D eigenvalue weighted by atomic mass is 19.1. The Kier molecular flexibility index (Phi) is 5.06. The highest BCUT2D eigenvalue weighted by Gasteiger charge is 2.04. The van der Waals surface area contributed by atoms with Crippen molar-refractivity contribution in [3.63, 3.8) is 0 Å². The molecule has 0 fully saturated rings. The van der Waals surface area contributed by atoms with E-state index in [2.05, 4.69) is 5.32 Å². The van der Waals surface area contributed by atoms with E-state index in [0.29, 0.717) is 13.2 Å². The lowest BCUT2D eigenvalue weighted by atomic mass is 10.1. The van der Waals surface area contributed by atoms with Crippen molar-refractivity contribution in [2.75, 3.05) is 13.2 Å². The van der Waals surface area contributed by atoms with E-state index in [1.54, 1.807) is 12.1 Å². The summed E-state index contributed by atoms with van der Waals surface area (Å²) in [5, 5.41) is 4.98. The zero-order valence-corrected chi connectivity index (χ0v) is 13.2. The first kappa shape index (κ1) is 16.0. The Hall–Kier alpha value is -2.88. The molecule has 0 saturated carbocycles. The highest BCUT2D eigenvalue weighted by molar-refractivity contribution is 5.88. The summed E-state index contributed by atoms with van der Waals surface area (Å²) in [6.45, 7) is 0.812. The van der Waals surface area contributed by atoms with Crippen LogP contribution in [0.2, 0.25) is 0 Å². The van der Waals surface area contributed by atoms with Crippen LogP contribution in [0.1, 0.15) is 5.56 Å². The predicted octanol–water partition coefficient (Wildman–Crippen LogP) is 3.72. The first-order valence-corrected chi connectivity index (χ1v) is 7.84. The number of fused-ring (bicyclic) bond motifs is 1. The molecule has 0 aliphatic heterocycles. The number of hydrogen-bond acceptors (Lipinski definition) is 2. The second kappa shape index (κ2) is 7.59. The first-order chi connectivity index (χ1) is 11.7. The molecule has 0 heterocycles. The van der Waals surface area contributed by atoms with Gasteiger partial charge in [0.25, 0.3) is 0 Å². The van der Waals surface area contributed by atoms with Crippen LogP contribution in [-0.4, -0.2) is 19.1 Å². The molecular formula is C20H18FNO2. The molecule has 3 rings (SSSR count). The topological polar surface area (TPSA) is 38.3 Å². The predicted molar refractivity (Wildman–Crippen MR) is 92.6 cm³/mol. The van der Waals surface area contributed by atoms with Crippen molar-refractivity contribution >= 4 is 16.7 Å². The van der Waals surface area contributed by atoms with Gasteiger partial charge in [0, 0.05) is 5.39 Å². The molecule has 24 heavy (non-hydrogen) atoms. The van der Waals surface area contributed by atoms with Crippen molar-refractivity contribution in [3.05, 3.63) is 78.1 Å². The molecule has 0 atom stereocenters. The van der Waals surface area contributed by atoms with Gasteiger partial charge in [-0.1, -0.05) is 48.5 Å². The van der Waals surface area contributed by atoms with Crippen LogP contribution in [-0.2, 0) is 11.2 Å². The molecule has 1 N–H and O–H groups in total. The molecule has 3 aromatic carbocycles. The molecule has 0 bridgehead atoms. The summed E-state index contributed by atoms with van der Waals surface area (Å²) in [6.07, 6.45) is 0.231. The van der Waals surface area contributed by atoms with Gasteiger partial charge in [-0.25, -0.2) is 4.39 Å². The maximum atomic E-state index is 12.8. The molecular weight excluding hydrogens is 305 g/mol. The summed E-state index contributed by atoms with van der Waals surface area (Å²) in [5.74, 6) is 0.395. The van der Waals surface area contributed by atoms with E-state index in [1.807, 2.05) is 42.5 Å². The third-order valence-electron chi connectivity index (χ3n) is 3.71. The van der Waals surface area contributed by atoms with Gasteiger partial charge in [0.05, 0.1) is 13.0 Å². The van der Waals surface area contributed by atoms with Crippen molar-refractivity contribution in [1.29, 1.82) is 0 Å². The van der Waals surface area contributed by atoms with E-state index in [0.717, 1.165) is 22.1 Å². The van der Waals surface area contributed by atoms with Crippen LogP contribution in [0.3, 0.4) is 0 Å². The van der Waals surface area contributed by atoms with Crippen LogP contribution in [0.4, 0.5) is 4.39 Å². The van der Waals surface area contributed by atoms with Gasteiger partial charge in [0.15, 0.2) is 0 Å². The summed E-state index contributed by atoms with van der Waals surface area (Å²) >= 11 is 0. The molecule has 1 amide bonds. The summed E-state index contributed by atoms with van der Waals surface area (Å²) in [6, 6.07) is 19.8. The maximum Gasteiger partial charge on any atom is 0.224 e. The maximum absolute atomic E-state index is 12.8. The zero-order valence-electron chi connectivity index (χ0n) is 13.2. The van der Waals surface area contributed by atoms with Crippen molar-refractivity contribution < 1.29 is 13.9 Å². The van der Waals surface area contributed by atoms with Gasteiger partial charge in [-0.3, -0.25) is 4.79 Å². The molecule has 4 heteroatoms. The number of ether oxygens (including phenoxy) is 1. The van der Waals surface area contributed by atoms with Crippen LogP contribution in [0.25, 0.3) is 10.8 Å². The molecule has 0 spiro atoms. The highest BCUT2D eigenvalue weighted by Crippen LogP contribution is 2.24. The zero-order chi connectivity index (χ0) is 16.8. The summed E-state index contributed by atoms with van der Waals surface area (Å²) in [7, 11) is 0. The number of nitrogens with one attached hydrogen (secondary N) is 1. The van der Waals surface area contributed by atoms with E-state index in [1.165, 1.54) is 12.1 Å². The number of hydrogen-bond donors (Lipinski definition) is 1. The average molecular weight is 323 g/mol. The van der Waals surface area contributed by atoms with Gasteiger partial charge in [0.1, 0.15) is 18.2 Å². The summed E-state index contributed by atoms with van der Waals surface area (Å²) in [4.78, 5) is 11.9. The number of halogens is 1. The van der Waals surface area contributed by atoms with E-state index in [9.17, 15) is 9.18 Å². The molecule has 122 valence electrons. The average Bonchev–Trinajstić information content (AvgIpc) is 2.61. The molecule has 0 aromatic heterocycles. The van der Waals surface area contributed by atoms with Crippen LogP contribution in [0.5, 0.6) is 5.75 Å². The number of carbonyl (C=O) groups is 1. The Morgan fingerprint density at radius 2 is 1.71 bits per heavy atom. The fourth-order valence-corrected chi connectivity index (χ4v) is 2.52. The number of carbonyl (C=O) groups excluding carboxylic acids is 1. The van der Waals surface area contributed by atoms with Gasteiger partial charge in [-0.05, 0) is 29.1 Å². The summed E-state index contributed by atoms with van der Waals surface area (Å²) in [5.41, 5.74) is 0.781. The number of benzene rings is 3. The molecule has 3 aromatic rings. The minimum absolute atomic E-state index is 0.108. The van der Waals surface area contributed by atoms with Crippen LogP contribution in [0, 0.1) is 5.82 Å². The SMILES string of the molecule is O=C(Cc1ccc(F)cc1)NCCOc1cccc2ccccc12. The Bertz CT molecular complexity index is 825. The monoisotopic (exact) mass is 323 g/mol. The fourth-order valence-electron chi connectivity index (χ4n) is 2.52. The lowest BCUT2D eigenvalue weighted by Crippen LogP contribution is -2.29. The Morgan fingerprint density at radius 3 is 2.54 bits per heavy atom. The summed E-state index contributed by atoms with van der Waals surface area (Å²) < 4.78 is 18.6. The van der Waals surface area contributed by atoms with E-state index < -0.39 is 0 Å². The Labute approximate surface area is 140 Å². The van der Waals surface area contributed by atoms with E-state index in [-0.39, 0.29) is 18.1 Å². The second-order valence-electron chi connectivity index (χ2n) is 5.48. The van der Waals surface area contributed by atoms with Crippen LogP contribution in [0.15, 0.2) is 66.7 Å². The number of amides is 1. The number of rotatable bonds is 6. The fraction of sp³-hybridized carbons (Fsp3) is 0.150. The van der Waals surface area contributed by atoms with Crippen molar-refractivity contribution in [1.82, 2.24) is 5.32 Å². The van der Waals surface area contributed by atoms with E-state index >= 15 is 0 Å². The molecule has 0 saturated heterocycles. The van der Waals surface area contributed by atoms with Gasteiger partial charge < -0.3 is 10.1 Å². The van der Waals surface area contributed by atoms with Crippen molar-refractivity contribution in [2.45, 2.75) is 6.42 Å². The van der Waals surface area contributed by atoms with Gasteiger partial charge >= 0.3 is 0 Å². The minimum atomic E-state index is -0.303. The second-order valence-corrected chi connectivity index (χ2v) is 5.48. The molecule has 0 radical (unpaired) electrons.